The third-order valence-corrected chi connectivity index (χ3v) is 2.19. The van der Waals surface area contributed by atoms with Gasteiger partial charge in [0.1, 0.15) is 0 Å². The van der Waals surface area contributed by atoms with Crippen molar-refractivity contribution in [2.24, 2.45) is 5.18 Å². The Kier molecular flexibility index (Phi) is 2.24. The number of nitro benzene ring substituents is 1. The number of fused-ring (bicyclic) bond motifs is 1. The topological polar surface area (TPSA) is 106 Å². The lowest BCUT2D eigenvalue weighted by atomic mass is 10.2. The molecule has 0 aliphatic rings. The molecule has 0 aliphatic carbocycles. The van der Waals surface area contributed by atoms with Crippen molar-refractivity contribution < 1.29 is 14.4 Å². The molecule has 1 N–H and O–H groups in total. The summed E-state index contributed by atoms with van der Waals surface area (Å²) in [5.41, 5.74) is -0.672. The van der Waals surface area contributed by atoms with Crippen LogP contribution >= 0.6 is 11.6 Å². The Morgan fingerprint density at radius 1 is 1.50 bits per heavy atom. The van der Waals surface area contributed by atoms with Gasteiger partial charge >= 0.3 is 11.6 Å². The molecule has 2 rings (SSSR count). The van der Waals surface area contributed by atoms with Gasteiger partial charge in [-0.1, -0.05) is 11.6 Å². The van der Waals surface area contributed by atoms with Crippen molar-refractivity contribution in [1.29, 1.82) is 0 Å². The van der Waals surface area contributed by atoms with E-state index in [0.29, 0.717) is 0 Å². The molecule has 1 aromatic carbocycles. The van der Waals surface area contributed by atoms with Gasteiger partial charge in [0.15, 0.2) is 5.75 Å². The molecule has 1 aromatic heterocycles. The highest BCUT2D eigenvalue weighted by molar-refractivity contribution is 6.31. The minimum absolute atomic E-state index is 0.0196. The zero-order valence-corrected chi connectivity index (χ0v) is 8.26. The highest BCUT2D eigenvalue weighted by atomic mass is 35.5. The van der Waals surface area contributed by atoms with Crippen LogP contribution in [0.1, 0.15) is 0 Å². The van der Waals surface area contributed by atoms with E-state index in [9.17, 15) is 20.1 Å². The summed E-state index contributed by atoms with van der Waals surface area (Å²) in [6.45, 7) is 0. The van der Waals surface area contributed by atoms with Gasteiger partial charge in [-0.05, 0) is 6.07 Å². The molecule has 1 heterocycles. The van der Waals surface area contributed by atoms with Crippen LogP contribution in [0.3, 0.4) is 0 Å². The number of rotatable bonds is 2. The van der Waals surface area contributed by atoms with E-state index in [-0.39, 0.29) is 16.0 Å². The molecule has 0 atom stereocenters. The summed E-state index contributed by atoms with van der Waals surface area (Å²) >= 11 is 5.63. The number of halogens is 1. The van der Waals surface area contributed by atoms with E-state index >= 15 is 0 Å². The van der Waals surface area contributed by atoms with Crippen LogP contribution < -0.4 is 0 Å². The summed E-state index contributed by atoms with van der Waals surface area (Å²) in [5, 5.41) is 22.6. The molecule has 8 heteroatoms. The lowest BCUT2D eigenvalue weighted by Gasteiger charge is -1.93. The first kappa shape index (κ1) is 10.4. The van der Waals surface area contributed by atoms with Gasteiger partial charge in [0.05, 0.1) is 10.3 Å². The van der Waals surface area contributed by atoms with E-state index in [0.717, 1.165) is 6.07 Å². The summed E-state index contributed by atoms with van der Waals surface area (Å²) in [5.74, 6) is -1.17. The van der Waals surface area contributed by atoms with Crippen LogP contribution in [0.2, 0.25) is 5.02 Å². The van der Waals surface area contributed by atoms with Crippen molar-refractivity contribution in [3.8, 4) is 5.75 Å². The van der Waals surface area contributed by atoms with E-state index in [1.165, 1.54) is 6.07 Å². The standard InChI is InChI=1S/C8H3ClN2O5/c9-3-1-4-6(12)8(10-13)16-7(4)5(2-3)11(14)15/h1-2,12H. The second kappa shape index (κ2) is 3.46. The van der Waals surface area contributed by atoms with Gasteiger partial charge in [0, 0.05) is 16.3 Å². The third kappa shape index (κ3) is 1.38. The van der Waals surface area contributed by atoms with Gasteiger partial charge in [-0.25, -0.2) is 0 Å². The number of furan rings is 1. The van der Waals surface area contributed by atoms with Crippen LogP contribution in [-0.2, 0) is 0 Å². The van der Waals surface area contributed by atoms with Gasteiger partial charge in [0.25, 0.3) is 0 Å². The average molecular weight is 243 g/mol. The molecule has 0 amide bonds. The normalized spacial score (nSPS) is 10.6. The molecule has 7 nitrogen and oxygen atoms in total. The number of nitroso groups, excluding NO2 is 1. The lowest BCUT2D eigenvalue weighted by molar-refractivity contribution is -0.383. The van der Waals surface area contributed by atoms with Gasteiger partial charge in [-0.15, -0.1) is 4.91 Å². The zero-order chi connectivity index (χ0) is 11.9. The second-order valence-electron chi connectivity index (χ2n) is 2.91. The molecule has 0 unspecified atom stereocenters. The lowest BCUT2D eigenvalue weighted by Crippen LogP contribution is -1.87. The Hall–Kier alpha value is -2.15. The first-order valence-corrected chi connectivity index (χ1v) is 4.35. The zero-order valence-electron chi connectivity index (χ0n) is 7.51. The van der Waals surface area contributed by atoms with Crippen molar-refractivity contribution in [1.82, 2.24) is 0 Å². The quantitative estimate of drug-likeness (QED) is 0.495. The predicted octanol–water partition coefficient (Wildman–Crippen LogP) is 3.10. The maximum Gasteiger partial charge on any atom is 0.313 e. The molecular weight excluding hydrogens is 240 g/mol. The van der Waals surface area contributed by atoms with Crippen LogP contribution in [0.15, 0.2) is 21.7 Å². The number of hydrogen-bond acceptors (Lipinski definition) is 6. The molecule has 0 spiro atoms. The first-order chi connectivity index (χ1) is 7.54. The maximum atomic E-state index is 10.7. The molecule has 16 heavy (non-hydrogen) atoms. The number of hydrogen-bond donors (Lipinski definition) is 1. The largest absolute Gasteiger partial charge is 0.502 e. The molecule has 0 aliphatic heterocycles. The Labute approximate surface area is 92.4 Å². The number of non-ortho nitro benzene ring substituents is 1. The van der Waals surface area contributed by atoms with Crippen molar-refractivity contribution in [3.05, 3.63) is 32.2 Å². The van der Waals surface area contributed by atoms with E-state index < -0.39 is 22.2 Å². The van der Waals surface area contributed by atoms with E-state index in [4.69, 9.17) is 16.0 Å². The summed E-state index contributed by atoms with van der Waals surface area (Å²) in [6, 6.07) is 2.30. The molecule has 0 fully saturated rings. The number of nitro groups is 1. The fraction of sp³-hybridized carbons (Fsp3) is 0. The smallest absolute Gasteiger partial charge is 0.313 e. The Balaban J connectivity index is 2.92. The monoisotopic (exact) mass is 242 g/mol. The molecular formula is C8H3ClN2O5. The minimum atomic E-state index is -0.730. The van der Waals surface area contributed by atoms with Gasteiger partial charge in [-0.3, -0.25) is 10.1 Å². The van der Waals surface area contributed by atoms with Crippen molar-refractivity contribution >= 4 is 34.1 Å². The SMILES string of the molecule is O=Nc1oc2c([N+](=O)[O-])cc(Cl)cc2c1O. The van der Waals surface area contributed by atoms with Gasteiger partial charge < -0.3 is 9.52 Å². The van der Waals surface area contributed by atoms with E-state index in [2.05, 4.69) is 5.18 Å². The Bertz CT molecular complexity index is 606. The fourth-order valence-corrected chi connectivity index (χ4v) is 1.53. The summed E-state index contributed by atoms with van der Waals surface area (Å²) < 4.78 is 4.77. The maximum absolute atomic E-state index is 10.7. The van der Waals surface area contributed by atoms with Crippen molar-refractivity contribution in [2.45, 2.75) is 0 Å². The molecule has 0 saturated heterocycles. The molecule has 2 aromatic rings. The molecule has 0 bridgehead atoms. The van der Waals surface area contributed by atoms with Crippen LogP contribution in [0.4, 0.5) is 11.6 Å². The number of benzene rings is 1. The summed E-state index contributed by atoms with van der Waals surface area (Å²) in [4.78, 5) is 20.2. The molecule has 0 saturated carbocycles. The molecule has 82 valence electrons. The predicted molar refractivity (Wildman–Crippen MR) is 55.0 cm³/mol. The minimum Gasteiger partial charge on any atom is -0.502 e. The summed E-state index contributed by atoms with van der Waals surface area (Å²) in [6.07, 6.45) is 0. The Morgan fingerprint density at radius 2 is 2.19 bits per heavy atom. The summed E-state index contributed by atoms with van der Waals surface area (Å²) in [7, 11) is 0. The van der Waals surface area contributed by atoms with Crippen molar-refractivity contribution in [3.63, 3.8) is 0 Å². The number of aromatic hydroxyl groups is 1. The first-order valence-electron chi connectivity index (χ1n) is 3.97. The van der Waals surface area contributed by atoms with Crippen LogP contribution in [-0.4, -0.2) is 10.0 Å². The third-order valence-electron chi connectivity index (χ3n) is 1.97. The fourth-order valence-electron chi connectivity index (χ4n) is 1.32. The highest BCUT2D eigenvalue weighted by Crippen LogP contribution is 2.43. The number of nitrogens with zero attached hydrogens (tertiary/aromatic N) is 2. The van der Waals surface area contributed by atoms with Crippen molar-refractivity contribution in [2.75, 3.05) is 0 Å². The van der Waals surface area contributed by atoms with Gasteiger partial charge in [0.2, 0.25) is 5.58 Å². The highest BCUT2D eigenvalue weighted by Gasteiger charge is 2.23. The van der Waals surface area contributed by atoms with Gasteiger partial charge in [-0.2, -0.15) is 0 Å². The molecule has 0 radical (unpaired) electrons. The Morgan fingerprint density at radius 3 is 2.75 bits per heavy atom. The van der Waals surface area contributed by atoms with Crippen LogP contribution in [0.5, 0.6) is 5.75 Å². The second-order valence-corrected chi connectivity index (χ2v) is 3.34. The van der Waals surface area contributed by atoms with Crippen LogP contribution in [0, 0.1) is 15.0 Å². The average Bonchev–Trinajstić information content (AvgIpc) is 2.55. The van der Waals surface area contributed by atoms with E-state index in [1.807, 2.05) is 0 Å². The van der Waals surface area contributed by atoms with E-state index in [1.54, 1.807) is 0 Å². The van der Waals surface area contributed by atoms with Crippen LogP contribution in [0.25, 0.3) is 11.0 Å².